The van der Waals surface area contributed by atoms with Gasteiger partial charge in [0.25, 0.3) is 0 Å². The molecule has 2 aliphatic rings. The minimum absolute atomic E-state index is 0.0625. The van der Waals surface area contributed by atoms with Gasteiger partial charge in [-0.1, -0.05) is 0 Å². The number of hydrogen-bond acceptors (Lipinski definition) is 4. The molecule has 0 unspecified atom stereocenters. The summed E-state index contributed by atoms with van der Waals surface area (Å²) in [5.41, 5.74) is 1.18. The van der Waals surface area contributed by atoms with Gasteiger partial charge in [-0.15, -0.1) is 0 Å². The van der Waals surface area contributed by atoms with E-state index in [4.69, 9.17) is 4.98 Å². The molecule has 1 aromatic heterocycles. The quantitative estimate of drug-likeness (QED) is 0.877. The second kappa shape index (κ2) is 4.59. The average Bonchev–Trinajstić information content (AvgIpc) is 3.24. The van der Waals surface area contributed by atoms with E-state index in [1.165, 1.54) is 18.5 Å². The maximum absolute atomic E-state index is 4.81. The van der Waals surface area contributed by atoms with Crippen molar-refractivity contribution in [2.75, 3.05) is 26.2 Å². The molecular formula is C14H22N4. The largest absolute Gasteiger partial charge is 0.314 e. The third-order valence-corrected chi connectivity index (χ3v) is 4.13. The van der Waals surface area contributed by atoms with Crippen molar-refractivity contribution in [2.24, 2.45) is 0 Å². The first kappa shape index (κ1) is 12.1. The van der Waals surface area contributed by atoms with Crippen LogP contribution in [0.1, 0.15) is 44.1 Å². The Morgan fingerprint density at radius 1 is 1.28 bits per heavy atom. The highest BCUT2D eigenvalue weighted by atomic mass is 15.3. The first-order chi connectivity index (χ1) is 8.68. The predicted molar refractivity (Wildman–Crippen MR) is 71.5 cm³/mol. The van der Waals surface area contributed by atoms with Crippen molar-refractivity contribution in [3.05, 3.63) is 23.8 Å². The average molecular weight is 246 g/mol. The van der Waals surface area contributed by atoms with Gasteiger partial charge in [0.2, 0.25) is 0 Å². The van der Waals surface area contributed by atoms with Gasteiger partial charge in [0.15, 0.2) is 0 Å². The molecule has 4 nitrogen and oxygen atoms in total. The summed E-state index contributed by atoms with van der Waals surface area (Å²) >= 11 is 0. The SMILES string of the molecule is CC(C)(c1nccc(C2CC2)n1)N1CCNCC1. The maximum Gasteiger partial charge on any atom is 0.148 e. The number of aromatic nitrogens is 2. The summed E-state index contributed by atoms with van der Waals surface area (Å²) in [4.78, 5) is 11.8. The third-order valence-electron chi connectivity index (χ3n) is 4.13. The van der Waals surface area contributed by atoms with Crippen LogP contribution < -0.4 is 5.32 Å². The normalized spacial score (nSPS) is 22.1. The molecule has 0 radical (unpaired) electrons. The molecule has 98 valence electrons. The monoisotopic (exact) mass is 246 g/mol. The van der Waals surface area contributed by atoms with E-state index in [1.807, 2.05) is 6.20 Å². The summed E-state index contributed by atoms with van der Waals surface area (Å²) in [7, 11) is 0. The Morgan fingerprint density at radius 2 is 2.00 bits per heavy atom. The standard InChI is InChI=1S/C14H22N4/c1-14(2,18-9-7-15-8-10-18)13-16-6-5-12(17-13)11-3-4-11/h5-6,11,15H,3-4,7-10H2,1-2H3. The molecule has 3 rings (SSSR count). The van der Waals surface area contributed by atoms with Crippen LogP contribution in [0.3, 0.4) is 0 Å². The van der Waals surface area contributed by atoms with Gasteiger partial charge in [-0.3, -0.25) is 4.90 Å². The Kier molecular flexibility index (Phi) is 3.08. The van der Waals surface area contributed by atoms with E-state index in [9.17, 15) is 0 Å². The molecular weight excluding hydrogens is 224 g/mol. The Labute approximate surface area is 109 Å². The molecule has 0 aromatic carbocycles. The number of rotatable bonds is 3. The fraction of sp³-hybridized carbons (Fsp3) is 0.714. The second-order valence-electron chi connectivity index (χ2n) is 5.88. The topological polar surface area (TPSA) is 41.1 Å². The molecule has 1 aromatic rings. The van der Waals surface area contributed by atoms with Crippen molar-refractivity contribution in [2.45, 2.75) is 38.1 Å². The Morgan fingerprint density at radius 3 is 2.67 bits per heavy atom. The molecule has 0 spiro atoms. The molecule has 18 heavy (non-hydrogen) atoms. The van der Waals surface area contributed by atoms with Crippen molar-refractivity contribution < 1.29 is 0 Å². The fourth-order valence-electron chi connectivity index (χ4n) is 2.64. The minimum Gasteiger partial charge on any atom is -0.314 e. The van der Waals surface area contributed by atoms with Gasteiger partial charge >= 0.3 is 0 Å². The lowest BCUT2D eigenvalue weighted by molar-refractivity contribution is 0.0946. The summed E-state index contributed by atoms with van der Waals surface area (Å²) < 4.78 is 0. The Bertz CT molecular complexity index is 420. The fourth-order valence-corrected chi connectivity index (χ4v) is 2.64. The zero-order chi connectivity index (χ0) is 12.6. The maximum atomic E-state index is 4.81. The molecule has 0 atom stereocenters. The highest BCUT2D eigenvalue weighted by Gasteiger charge is 2.33. The number of nitrogens with zero attached hydrogens (tertiary/aromatic N) is 3. The zero-order valence-corrected chi connectivity index (χ0v) is 11.3. The molecule has 1 N–H and O–H groups in total. The molecule has 1 saturated heterocycles. The van der Waals surface area contributed by atoms with E-state index in [0.717, 1.165) is 32.0 Å². The van der Waals surface area contributed by atoms with Crippen LogP contribution in [-0.2, 0) is 5.54 Å². The van der Waals surface area contributed by atoms with Crippen molar-refractivity contribution in [3.63, 3.8) is 0 Å². The number of hydrogen-bond donors (Lipinski definition) is 1. The van der Waals surface area contributed by atoms with Crippen LogP contribution in [0.25, 0.3) is 0 Å². The van der Waals surface area contributed by atoms with Crippen LogP contribution in [0.5, 0.6) is 0 Å². The zero-order valence-electron chi connectivity index (χ0n) is 11.3. The molecule has 2 fully saturated rings. The van der Waals surface area contributed by atoms with E-state index in [0.29, 0.717) is 5.92 Å². The van der Waals surface area contributed by atoms with Crippen molar-refractivity contribution in [3.8, 4) is 0 Å². The van der Waals surface area contributed by atoms with Gasteiger partial charge in [0.05, 0.1) is 5.54 Å². The second-order valence-corrected chi connectivity index (χ2v) is 5.88. The van der Waals surface area contributed by atoms with Gasteiger partial charge in [-0.2, -0.15) is 0 Å². The number of nitrogens with one attached hydrogen (secondary N) is 1. The molecule has 0 bridgehead atoms. The Balaban J connectivity index is 1.84. The first-order valence-corrected chi connectivity index (χ1v) is 6.97. The molecule has 1 aliphatic carbocycles. The lowest BCUT2D eigenvalue weighted by Crippen LogP contribution is -2.52. The predicted octanol–water partition coefficient (Wildman–Crippen LogP) is 1.49. The summed E-state index contributed by atoms with van der Waals surface area (Å²) in [6, 6.07) is 2.08. The lowest BCUT2D eigenvalue weighted by atomic mass is 10.00. The van der Waals surface area contributed by atoms with Gasteiger partial charge in [0.1, 0.15) is 5.82 Å². The van der Waals surface area contributed by atoms with Gasteiger partial charge in [-0.25, -0.2) is 9.97 Å². The van der Waals surface area contributed by atoms with Crippen molar-refractivity contribution >= 4 is 0 Å². The van der Waals surface area contributed by atoms with Gasteiger partial charge < -0.3 is 5.32 Å². The third kappa shape index (κ3) is 2.27. The van der Waals surface area contributed by atoms with Crippen molar-refractivity contribution in [1.29, 1.82) is 0 Å². The van der Waals surface area contributed by atoms with Gasteiger partial charge in [0, 0.05) is 44.0 Å². The number of piperazine rings is 1. The van der Waals surface area contributed by atoms with Crippen LogP contribution in [0.2, 0.25) is 0 Å². The summed E-state index contributed by atoms with van der Waals surface area (Å²) in [5.74, 6) is 1.68. The van der Waals surface area contributed by atoms with Crippen LogP contribution in [-0.4, -0.2) is 41.0 Å². The first-order valence-electron chi connectivity index (χ1n) is 6.97. The summed E-state index contributed by atoms with van der Waals surface area (Å²) in [5, 5.41) is 3.40. The minimum atomic E-state index is -0.0625. The molecule has 2 heterocycles. The lowest BCUT2D eigenvalue weighted by Gasteiger charge is -2.40. The highest BCUT2D eigenvalue weighted by Crippen LogP contribution is 2.39. The van der Waals surface area contributed by atoms with Crippen LogP contribution in [0, 0.1) is 0 Å². The van der Waals surface area contributed by atoms with Crippen LogP contribution in [0.4, 0.5) is 0 Å². The van der Waals surface area contributed by atoms with E-state index in [1.54, 1.807) is 0 Å². The molecule has 4 heteroatoms. The van der Waals surface area contributed by atoms with E-state index < -0.39 is 0 Å². The highest BCUT2D eigenvalue weighted by molar-refractivity contribution is 5.16. The molecule has 0 amide bonds. The van der Waals surface area contributed by atoms with Crippen molar-refractivity contribution in [1.82, 2.24) is 20.2 Å². The smallest absolute Gasteiger partial charge is 0.148 e. The molecule has 1 aliphatic heterocycles. The van der Waals surface area contributed by atoms with E-state index in [-0.39, 0.29) is 5.54 Å². The summed E-state index contributed by atoms with van der Waals surface area (Å²) in [6.45, 7) is 8.75. The van der Waals surface area contributed by atoms with Gasteiger partial charge in [-0.05, 0) is 32.8 Å². The van der Waals surface area contributed by atoms with E-state index >= 15 is 0 Å². The van der Waals surface area contributed by atoms with E-state index in [2.05, 4.69) is 35.1 Å². The van der Waals surface area contributed by atoms with Crippen LogP contribution >= 0.6 is 0 Å². The van der Waals surface area contributed by atoms with Crippen LogP contribution in [0.15, 0.2) is 12.3 Å². The Hall–Kier alpha value is -1.00. The summed E-state index contributed by atoms with van der Waals surface area (Å²) in [6.07, 6.45) is 4.52. The molecule has 1 saturated carbocycles.